The van der Waals surface area contributed by atoms with Gasteiger partial charge in [-0.25, -0.2) is 9.97 Å². The van der Waals surface area contributed by atoms with Gasteiger partial charge in [0, 0.05) is 16.5 Å². The van der Waals surface area contributed by atoms with Crippen LogP contribution in [0.5, 0.6) is 0 Å². The Labute approximate surface area is 310 Å². The van der Waals surface area contributed by atoms with Gasteiger partial charge in [-0.2, -0.15) is 0 Å². The molecule has 52 heavy (non-hydrogen) atoms. The van der Waals surface area contributed by atoms with E-state index in [0.29, 0.717) is 0 Å². The van der Waals surface area contributed by atoms with Crippen molar-refractivity contribution in [2.75, 3.05) is 0 Å². The van der Waals surface area contributed by atoms with Crippen molar-refractivity contribution >= 4 is 43.1 Å². The van der Waals surface area contributed by atoms with Crippen molar-refractivity contribution in [1.29, 1.82) is 0 Å². The van der Waals surface area contributed by atoms with Crippen LogP contribution in [-0.4, -0.2) is 9.97 Å². The molecule has 11 rings (SSSR count). The first-order valence-electron chi connectivity index (χ1n) is 17.8. The molecule has 0 radical (unpaired) electrons. The molecule has 4 heteroatoms. The Morgan fingerprint density at radius 3 is 1.42 bits per heavy atom. The number of hydrogen-bond acceptors (Lipinski definition) is 4. The van der Waals surface area contributed by atoms with Gasteiger partial charge in [-0.15, -0.1) is 22.7 Å². The Balaban J connectivity index is 1.16. The van der Waals surface area contributed by atoms with Crippen molar-refractivity contribution in [3.63, 3.8) is 0 Å². The molecular formula is C48H32N2S2. The molecule has 0 saturated heterocycles. The molecule has 0 fully saturated rings. The molecule has 2 aliphatic rings. The second-order valence-electron chi connectivity index (χ2n) is 14.5. The second kappa shape index (κ2) is 10.9. The quantitative estimate of drug-likeness (QED) is 0.183. The number of para-hydroxylation sites is 2. The largest absolute Gasteiger partial charge is 0.236 e. The van der Waals surface area contributed by atoms with Crippen LogP contribution < -0.4 is 0 Å². The highest BCUT2D eigenvalue weighted by molar-refractivity contribution is 7.22. The summed E-state index contributed by atoms with van der Waals surface area (Å²) in [6, 6.07) is 58.3. The van der Waals surface area contributed by atoms with Gasteiger partial charge in [0.1, 0.15) is 10.0 Å². The Bertz CT molecular complexity index is 2700. The molecule has 7 aromatic carbocycles. The maximum atomic E-state index is 5.10. The van der Waals surface area contributed by atoms with Crippen LogP contribution in [0.4, 0.5) is 0 Å². The molecule has 0 aliphatic heterocycles. The van der Waals surface area contributed by atoms with Crippen LogP contribution in [0.15, 0.2) is 158 Å². The van der Waals surface area contributed by atoms with Crippen LogP contribution in [0.1, 0.15) is 47.2 Å². The summed E-state index contributed by atoms with van der Waals surface area (Å²) < 4.78 is 2.39. The third kappa shape index (κ3) is 4.11. The van der Waals surface area contributed by atoms with E-state index in [9.17, 15) is 0 Å². The molecule has 0 saturated carbocycles. The number of aromatic nitrogens is 2. The Morgan fingerprint density at radius 2 is 0.846 bits per heavy atom. The van der Waals surface area contributed by atoms with Crippen molar-refractivity contribution in [3.05, 3.63) is 191 Å². The van der Waals surface area contributed by atoms with Crippen molar-refractivity contribution in [3.8, 4) is 43.4 Å². The Hall–Kier alpha value is -5.68. The summed E-state index contributed by atoms with van der Waals surface area (Å²) in [4.78, 5) is 10.2. The predicted molar refractivity (Wildman–Crippen MR) is 219 cm³/mol. The molecule has 0 bridgehead atoms. The average Bonchev–Trinajstić information content (AvgIpc) is 3.91. The number of benzene rings is 7. The molecule has 0 atom stereocenters. The third-order valence-corrected chi connectivity index (χ3v) is 13.6. The first kappa shape index (κ1) is 30.0. The lowest BCUT2D eigenvalue weighted by atomic mass is 9.55. The fourth-order valence-corrected chi connectivity index (χ4v) is 11.0. The van der Waals surface area contributed by atoms with E-state index in [-0.39, 0.29) is 5.41 Å². The highest BCUT2D eigenvalue weighted by atomic mass is 32.1. The monoisotopic (exact) mass is 700 g/mol. The van der Waals surface area contributed by atoms with Gasteiger partial charge in [0.2, 0.25) is 0 Å². The third-order valence-electron chi connectivity index (χ3n) is 11.4. The van der Waals surface area contributed by atoms with Gasteiger partial charge >= 0.3 is 0 Å². The molecule has 2 nitrogen and oxygen atoms in total. The van der Waals surface area contributed by atoms with Crippen LogP contribution in [0.3, 0.4) is 0 Å². The van der Waals surface area contributed by atoms with Gasteiger partial charge in [-0.1, -0.05) is 123 Å². The zero-order valence-electron chi connectivity index (χ0n) is 28.7. The summed E-state index contributed by atoms with van der Waals surface area (Å²) >= 11 is 3.49. The number of rotatable bonds is 3. The summed E-state index contributed by atoms with van der Waals surface area (Å²) in [6.45, 7) is 4.76. The van der Waals surface area contributed by atoms with E-state index in [2.05, 4.69) is 172 Å². The molecule has 2 aliphatic carbocycles. The SMILES string of the molecule is CC1(C)c2ccccc2C2(c3ccccc3-c3cc(-c4cc(-c5nc6ccccc6s5)cc(-c5nc6ccccc6s5)c4)ccc32)c2ccccc21. The van der Waals surface area contributed by atoms with E-state index in [1.807, 2.05) is 0 Å². The van der Waals surface area contributed by atoms with Crippen LogP contribution in [0.25, 0.3) is 63.8 Å². The maximum absolute atomic E-state index is 5.10. The van der Waals surface area contributed by atoms with E-state index in [1.54, 1.807) is 22.7 Å². The number of fused-ring (bicyclic) bond motifs is 11. The first-order chi connectivity index (χ1) is 25.5. The van der Waals surface area contributed by atoms with Gasteiger partial charge in [0.05, 0.1) is 25.8 Å². The van der Waals surface area contributed by atoms with Crippen molar-refractivity contribution in [2.24, 2.45) is 0 Å². The van der Waals surface area contributed by atoms with Gasteiger partial charge in [-0.05, 0) is 104 Å². The lowest BCUT2D eigenvalue weighted by molar-refractivity contribution is 0.563. The van der Waals surface area contributed by atoms with Gasteiger partial charge in [-0.3, -0.25) is 0 Å². The van der Waals surface area contributed by atoms with Crippen LogP contribution in [-0.2, 0) is 10.8 Å². The summed E-state index contributed by atoms with van der Waals surface area (Å²) in [5.41, 5.74) is 17.0. The molecule has 2 aromatic heterocycles. The highest BCUT2D eigenvalue weighted by Crippen LogP contribution is 2.62. The molecular weight excluding hydrogens is 669 g/mol. The Kier molecular flexibility index (Phi) is 6.29. The van der Waals surface area contributed by atoms with E-state index >= 15 is 0 Å². The molecule has 1 spiro atoms. The normalized spacial score (nSPS) is 14.7. The second-order valence-corrected chi connectivity index (χ2v) is 16.6. The number of nitrogens with zero attached hydrogens (tertiary/aromatic N) is 2. The van der Waals surface area contributed by atoms with Gasteiger partial charge in [0.25, 0.3) is 0 Å². The molecule has 0 amide bonds. The zero-order chi connectivity index (χ0) is 34.6. The summed E-state index contributed by atoms with van der Waals surface area (Å²) in [5, 5.41) is 2.04. The number of hydrogen-bond donors (Lipinski definition) is 0. The van der Waals surface area contributed by atoms with Gasteiger partial charge in [0.15, 0.2) is 0 Å². The molecule has 246 valence electrons. The fourth-order valence-electron chi connectivity index (χ4n) is 9.08. The molecule has 9 aromatic rings. The van der Waals surface area contributed by atoms with Crippen LogP contribution >= 0.6 is 22.7 Å². The minimum absolute atomic E-state index is 0.117. The van der Waals surface area contributed by atoms with Crippen molar-refractivity contribution in [1.82, 2.24) is 9.97 Å². The molecule has 0 N–H and O–H groups in total. The maximum Gasteiger partial charge on any atom is 0.124 e. The minimum Gasteiger partial charge on any atom is -0.236 e. The Morgan fingerprint density at radius 1 is 0.385 bits per heavy atom. The van der Waals surface area contributed by atoms with Crippen LogP contribution in [0, 0.1) is 0 Å². The van der Waals surface area contributed by atoms with Crippen molar-refractivity contribution in [2.45, 2.75) is 24.7 Å². The van der Waals surface area contributed by atoms with E-state index in [4.69, 9.17) is 9.97 Å². The lowest BCUT2D eigenvalue weighted by Crippen LogP contribution is -2.40. The summed E-state index contributed by atoms with van der Waals surface area (Å²) in [6.07, 6.45) is 0. The zero-order valence-corrected chi connectivity index (χ0v) is 30.4. The topological polar surface area (TPSA) is 25.8 Å². The van der Waals surface area contributed by atoms with E-state index in [0.717, 1.165) is 37.7 Å². The predicted octanol–water partition coefficient (Wildman–Crippen LogP) is 12.9. The smallest absolute Gasteiger partial charge is 0.124 e. The minimum atomic E-state index is -0.401. The average molecular weight is 701 g/mol. The fraction of sp³-hybridized carbons (Fsp3) is 0.0833. The highest BCUT2D eigenvalue weighted by Gasteiger charge is 2.53. The van der Waals surface area contributed by atoms with Crippen LogP contribution in [0.2, 0.25) is 0 Å². The molecule has 2 heterocycles. The lowest BCUT2D eigenvalue weighted by Gasteiger charge is -2.46. The molecule has 0 unspecified atom stereocenters. The number of thiazole rings is 2. The standard InChI is InChI=1S/C48H32N2S2/c1-47(2)37-15-5-7-17-39(37)48(40-18-8-6-16-38(40)47)35-14-4-3-13-33(35)34-28-29(23-24-36(34)48)30-25-31(45-49-41-19-9-11-21-43(41)51-45)27-32(26-30)46-50-42-20-10-12-22-44(42)52-46/h3-28H,1-2H3. The van der Waals surface area contributed by atoms with E-state index < -0.39 is 5.41 Å². The summed E-state index contributed by atoms with van der Waals surface area (Å²) in [5.74, 6) is 0. The first-order valence-corrected chi connectivity index (χ1v) is 19.5. The van der Waals surface area contributed by atoms with Gasteiger partial charge < -0.3 is 0 Å². The summed E-state index contributed by atoms with van der Waals surface area (Å²) in [7, 11) is 0. The van der Waals surface area contributed by atoms with E-state index in [1.165, 1.54) is 59.5 Å². The van der Waals surface area contributed by atoms with Crippen molar-refractivity contribution < 1.29 is 0 Å².